The molecule has 3 heterocycles. The number of amides is 1. The van der Waals surface area contributed by atoms with Gasteiger partial charge < -0.3 is 9.64 Å². The van der Waals surface area contributed by atoms with Crippen molar-refractivity contribution in [2.45, 2.75) is 96.7 Å². The second kappa shape index (κ2) is 11.3. The van der Waals surface area contributed by atoms with E-state index >= 15 is 0 Å². The summed E-state index contributed by atoms with van der Waals surface area (Å²) < 4.78 is 6.94. The van der Waals surface area contributed by atoms with Gasteiger partial charge in [0, 0.05) is 46.1 Å². The number of nitrogens with zero attached hydrogens (tertiary/aromatic N) is 4. The van der Waals surface area contributed by atoms with Gasteiger partial charge in [-0.15, -0.1) is 11.3 Å². The molecule has 0 bridgehead atoms. The maximum Gasteiger partial charge on any atom is 0.332 e. The van der Waals surface area contributed by atoms with Gasteiger partial charge in [-0.2, -0.15) is 0 Å². The van der Waals surface area contributed by atoms with E-state index < -0.39 is 23.2 Å². The maximum absolute atomic E-state index is 14.7. The quantitative estimate of drug-likeness (QED) is 0.263. The lowest BCUT2D eigenvalue weighted by atomic mass is 9.82. The van der Waals surface area contributed by atoms with Crippen LogP contribution < -0.4 is 0 Å². The topological polar surface area (TPSA) is 85.3 Å². The van der Waals surface area contributed by atoms with Gasteiger partial charge in [0.25, 0.3) is 5.91 Å². The standard InChI is InChI=1S/C31H39BrN4O3S/c1-19(2)16-31(28(38)39-30(6,7)8)17-21(24-18-33-11-12-34-24)25(26-35-13-14-40-26)36(31)27(37)20-9-10-22(23(32)15-20)29(3,4)5/h9-15,18-19,21,25H,16-17H2,1-8H3/t21-,25-,31+/m1/s1. The number of likely N-dealkylation sites (tertiary alicyclic amines) is 1. The number of esters is 1. The molecule has 0 spiro atoms. The van der Waals surface area contributed by atoms with Crippen LogP contribution in [0.25, 0.3) is 0 Å². The third-order valence-electron chi connectivity index (χ3n) is 7.11. The first-order chi connectivity index (χ1) is 18.6. The molecule has 7 nitrogen and oxygen atoms in total. The van der Waals surface area contributed by atoms with Gasteiger partial charge in [0.15, 0.2) is 0 Å². The molecule has 1 aromatic carbocycles. The zero-order chi connectivity index (χ0) is 29.5. The van der Waals surface area contributed by atoms with Gasteiger partial charge in [-0.3, -0.25) is 14.8 Å². The fourth-order valence-electron chi connectivity index (χ4n) is 5.66. The molecule has 40 heavy (non-hydrogen) atoms. The summed E-state index contributed by atoms with van der Waals surface area (Å²) in [5, 5.41) is 2.65. The first-order valence-electron chi connectivity index (χ1n) is 13.7. The van der Waals surface area contributed by atoms with Crippen molar-refractivity contribution >= 4 is 39.1 Å². The van der Waals surface area contributed by atoms with E-state index in [0.717, 1.165) is 20.7 Å². The monoisotopic (exact) mass is 626 g/mol. The van der Waals surface area contributed by atoms with Gasteiger partial charge in [-0.1, -0.05) is 56.6 Å². The highest BCUT2D eigenvalue weighted by Gasteiger charge is 2.61. The minimum atomic E-state index is -1.23. The van der Waals surface area contributed by atoms with Gasteiger partial charge in [0.2, 0.25) is 0 Å². The normalized spacial score (nSPS) is 21.6. The highest BCUT2D eigenvalue weighted by molar-refractivity contribution is 9.10. The summed E-state index contributed by atoms with van der Waals surface area (Å²) in [4.78, 5) is 44.5. The number of aromatic nitrogens is 3. The van der Waals surface area contributed by atoms with Crippen LogP contribution in [0.1, 0.15) is 107 Å². The molecule has 214 valence electrons. The zero-order valence-electron chi connectivity index (χ0n) is 24.6. The SMILES string of the molecule is CC(C)C[C@@]1(C(=O)OC(C)(C)C)C[C@H](c2cnccn2)[C@H](c2nccs2)N1C(=O)c1ccc(C(C)(C)C)c(Br)c1. The lowest BCUT2D eigenvalue weighted by Gasteiger charge is -2.41. The first-order valence-corrected chi connectivity index (χ1v) is 15.3. The Morgan fingerprint density at radius 1 is 1.12 bits per heavy atom. The molecular formula is C31H39BrN4O3S. The van der Waals surface area contributed by atoms with Crippen LogP contribution in [0.5, 0.6) is 0 Å². The van der Waals surface area contributed by atoms with Gasteiger partial charge in [-0.25, -0.2) is 9.78 Å². The molecule has 1 amide bonds. The van der Waals surface area contributed by atoms with Gasteiger partial charge in [-0.05, 0) is 62.6 Å². The van der Waals surface area contributed by atoms with E-state index in [4.69, 9.17) is 4.74 Å². The van der Waals surface area contributed by atoms with E-state index in [1.165, 1.54) is 11.3 Å². The van der Waals surface area contributed by atoms with E-state index in [1.807, 2.05) is 44.4 Å². The largest absolute Gasteiger partial charge is 0.458 e. The van der Waals surface area contributed by atoms with Crippen molar-refractivity contribution in [1.82, 2.24) is 19.9 Å². The van der Waals surface area contributed by atoms with E-state index in [2.05, 4.69) is 65.5 Å². The molecule has 0 unspecified atom stereocenters. The molecule has 0 N–H and O–H groups in total. The molecule has 3 aromatic rings. The smallest absolute Gasteiger partial charge is 0.332 e. The van der Waals surface area contributed by atoms with Crippen LogP contribution in [-0.2, 0) is 14.9 Å². The minimum Gasteiger partial charge on any atom is -0.458 e. The lowest BCUT2D eigenvalue weighted by Crippen LogP contribution is -2.56. The highest BCUT2D eigenvalue weighted by Crippen LogP contribution is 2.55. The van der Waals surface area contributed by atoms with Crippen LogP contribution in [-0.4, -0.2) is 42.9 Å². The summed E-state index contributed by atoms with van der Waals surface area (Å²) in [6.45, 7) is 16.1. The predicted molar refractivity (Wildman–Crippen MR) is 161 cm³/mol. The van der Waals surface area contributed by atoms with Crippen molar-refractivity contribution in [1.29, 1.82) is 0 Å². The number of thiazole rings is 1. The van der Waals surface area contributed by atoms with E-state index in [0.29, 0.717) is 18.4 Å². The average Bonchev–Trinajstić information content (AvgIpc) is 3.49. The van der Waals surface area contributed by atoms with Gasteiger partial charge in [0.05, 0.1) is 11.7 Å². The Balaban J connectivity index is 1.96. The second-order valence-electron chi connectivity index (χ2n) is 13.0. The number of halogens is 1. The van der Waals surface area contributed by atoms with E-state index in [-0.39, 0.29) is 23.2 Å². The summed E-state index contributed by atoms with van der Waals surface area (Å²) in [5.74, 6) is -0.831. The number of carbonyl (C=O) groups is 2. The molecule has 9 heteroatoms. The highest BCUT2D eigenvalue weighted by atomic mass is 79.9. The molecule has 1 fully saturated rings. The van der Waals surface area contributed by atoms with Crippen molar-refractivity contribution in [3.8, 4) is 0 Å². The first kappa shape index (κ1) is 30.3. The molecule has 2 aromatic heterocycles. The van der Waals surface area contributed by atoms with Crippen molar-refractivity contribution in [3.63, 3.8) is 0 Å². The molecule has 1 aliphatic rings. The Labute approximate surface area is 249 Å². The number of rotatable bonds is 6. The van der Waals surface area contributed by atoms with Crippen LogP contribution in [0, 0.1) is 5.92 Å². The average molecular weight is 628 g/mol. The summed E-state index contributed by atoms with van der Waals surface area (Å²) >= 11 is 5.18. The molecule has 0 saturated carbocycles. The molecule has 3 atom stereocenters. The molecule has 0 aliphatic carbocycles. The third kappa shape index (κ3) is 6.15. The van der Waals surface area contributed by atoms with Crippen LogP contribution >= 0.6 is 27.3 Å². The summed E-state index contributed by atoms with van der Waals surface area (Å²) in [5.41, 5.74) is 0.254. The Morgan fingerprint density at radius 3 is 2.38 bits per heavy atom. The summed E-state index contributed by atoms with van der Waals surface area (Å²) in [6, 6.07) is 5.20. The number of carbonyl (C=O) groups excluding carboxylic acids is 2. The summed E-state index contributed by atoms with van der Waals surface area (Å²) in [6.07, 6.45) is 7.54. The van der Waals surface area contributed by atoms with Crippen LogP contribution in [0.4, 0.5) is 0 Å². The van der Waals surface area contributed by atoms with Crippen molar-refractivity contribution < 1.29 is 14.3 Å². The summed E-state index contributed by atoms with van der Waals surface area (Å²) in [7, 11) is 0. The number of hydrogen-bond acceptors (Lipinski definition) is 7. The molecule has 4 rings (SSSR count). The van der Waals surface area contributed by atoms with E-state index in [1.54, 1.807) is 29.7 Å². The molecule has 0 radical (unpaired) electrons. The van der Waals surface area contributed by atoms with E-state index in [9.17, 15) is 9.59 Å². The maximum atomic E-state index is 14.7. The second-order valence-corrected chi connectivity index (χ2v) is 14.8. The fourth-order valence-corrected chi connectivity index (χ4v) is 7.43. The van der Waals surface area contributed by atoms with Crippen LogP contribution in [0.15, 0.2) is 52.8 Å². The number of hydrogen-bond donors (Lipinski definition) is 0. The molecular weight excluding hydrogens is 588 g/mol. The number of ether oxygens (including phenoxy) is 1. The minimum absolute atomic E-state index is 0.105. The Bertz CT molecular complexity index is 1350. The van der Waals surface area contributed by atoms with Gasteiger partial charge in [0.1, 0.15) is 16.1 Å². The van der Waals surface area contributed by atoms with Crippen LogP contribution in [0.3, 0.4) is 0 Å². The predicted octanol–water partition coefficient (Wildman–Crippen LogP) is 7.49. The molecule has 1 aliphatic heterocycles. The van der Waals surface area contributed by atoms with Crippen LogP contribution in [0.2, 0.25) is 0 Å². The third-order valence-corrected chi connectivity index (χ3v) is 8.62. The Kier molecular flexibility index (Phi) is 8.58. The number of benzene rings is 1. The van der Waals surface area contributed by atoms with Gasteiger partial charge >= 0.3 is 5.97 Å². The van der Waals surface area contributed by atoms with Crippen molar-refractivity contribution in [2.24, 2.45) is 5.92 Å². The van der Waals surface area contributed by atoms with Crippen molar-refractivity contribution in [2.75, 3.05) is 0 Å². The zero-order valence-corrected chi connectivity index (χ0v) is 27.0. The molecule has 1 saturated heterocycles. The Morgan fingerprint density at radius 2 is 1.85 bits per heavy atom. The fraction of sp³-hybridized carbons (Fsp3) is 0.516. The van der Waals surface area contributed by atoms with Crippen molar-refractivity contribution in [3.05, 3.63) is 74.7 Å². The lowest BCUT2D eigenvalue weighted by molar-refractivity contribution is -0.168. The Hall–Kier alpha value is -2.65.